The number of benzene rings is 1. The monoisotopic (exact) mass is 343 g/mol. The van der Waals surface area contributed by atoms with E-state index in [1.54, 1.807) is 38.3 Å². The van der Waals surface area contributed by atoms with Crippen molar-refractivity contribution >= 4 is 11.8 Å². The Kier molecular flexibility index (Phi) is 4.18. The number of allylic oxidation sites excluding steroid dienone is 1. The lowest BCUT2D eigenvalue weighted by molar-refractivity contribution is -0.136. The number of rotatable bonds is 3. The van der Waals surface area contributed by atoms with Crippen LogP contribution in [0.1, 0.15) is 24.0 Å². The second-order valence-corrected chi connectivity index (χ2v) is 5.56. The van der Waals surface area contributed by atoms with Gasteiger partial charge in [-0.15, -0.1) is 0 Å². The van der Waals surface area contributed by atoms with E-state index < -0.39 is 23.1 Å². The third-order valence-electron chi connectivity index (χ3n) is 4.13. The van der Waals surface area contributed by atoms with Gasteiger partial charge in [0.15, 0.2) is 0 Å². The Balaban J connectivity index is 2.28. The van der Waals surface area contributed by atoms with Gasteiger partial charge < -0.3 is 14.8 Å². The number of H-pyrrole nitrogens is 2. The summed E-state index contributed by atoms with van der Waals surface area (Å²) in [6.07, 6.45) is 0. The van der Waals surface area contributed by atoms with Crippen molar-refractivity contribution in [3.63, 3.8) is 0 Å². The molecule has 0 fully saturated rings. The zero-order valence-electron chi connectivity index (χ0n) is 13.9. The van der Waals surface area contributed by atoms with Crippen LogP contribution in [0.4, 0.5) is 5.82 Å². The molecule has 0 radical (unpaired) electrons. The van der Waals surface area contributed by atoms with Gasteiger partial charge in [0.25, 0.3) is 5.56 Å². The summed E-state index contributed by atoms with van der Waals surface area (Å²) in [5.74, 6) is -0.328. The summed E-state index contributed by atoms with van der Waals surface area (Å²) in [7, 11) is 2.83. The highest BCUT2D eigenvalue weighted by atomic mass is 16.5. The lowest BCUT2D eigenvalue weighted by atomic mass is 9.82. The summed E-state index contributed by atoms with van der Waals surface area (Å²) in [6.45, 7) is 1.69. The number of hydrogen-bond acceptors (Lipinski definition) is 6. The molecule has 8 heteroatoms. The van der Waals surface area contributed by atoms with Gasteiger partial charge in [-0.25, -0.2) is 9.59 Å². The highest BCUT2D eigenvalue weighted by Crippen LogP contribution is 2.39. The Hall–Kier alpha value is -3.29. The molecule has 0 amide bonds. The van der Waals surface area contributed by atoms with E-state index in [-0.39, 0.29) is 11.4 Å². The number of aromatic amines is 2. The zero-order valence-corrected chi connectivity index (χ0v) is 13.9. The van der Waals surface area contributed by atoms with Crippen molar-refractivity contribution in [2.45, 2.75) is 12.8 Å². The predicted octanol–water partition coefficient (Wildman–Crippen LogP) is 1.08. The Morgan fingerprint density at radius 2 is 1.76 bits per heavy atom. The molecule has 0 bridgehead atoms. The van der Waals surface area contributed by atoms with E-state index in [0.29, 0.717) is 22.6 Å². The van der Waals surface area contributed by atoms with Crippen molar-refractivity contribution in [3.8, 4) is 5.75 Å². The van der Waals surface area contributed by atoms with Crippen LogP contribution in [0.5, 0.6) is 5.75 Å². The third-order valence-corrected chi connectivity index (χ3v) is 4.13. The molecule has 3 N–H and O–H groups in total. The van der Waals surface area contributed by atoms with Crippen molar-refractivity contribution in [2.24, 2.45) is 0 Å². The molecular weight excluding hydrogens is 326 g/mol. The van der Waals surface area contributed by atoms with Gasteiger partial charge in [0.1, 0.15) is 11.6 Å². The normalized spacial score (nSPS) is 16.0. The first kappa shape index (κ1) is 16.6. The molecule has 0 aliphatic carbocycles. The van der Waals surface area contributed by atoms with E-state index >= 15 is 0 Å². The van der Waals surface area contributed by atoms with Gasteiger partial charge in [-0.1, -0.05) is 12.1 Å². The number of nitrogens with one attached hydrogen (secondary N) is 3. The Labute approximate surface area is 142 Å². The fourth-order valence-corrected chi connectivity index (χ4v) is 3.00. The number of carbonyl (C=O) groups excluding carboxylic acids is 1. The highest BCUT2D eigenvalue weighted by molar-refractivity contribution is 5.94. The number of aromatic nitrogens is 2. The first-order chi connectivity index (χ1) is 12.0. The van der Waals surface area contributed by atoms with Gasteiger partial charge in [-0.05, 0) is 24.6 Å². The molecule has 130 valence electrons. The van der Waals surface area contributed by atoms with E-state index in [1.165, 1.54) is 7.11 Å². The van der Waals surface area contributed by atoms with Crippen LogP contribution >= 0.6 is 0 Å². The number of anilines is 1. The number of ether oxygens (including phenoxy) is 2. The van der Waals surface area contributed by atoms with E-state index in [2.05, 4.69) is 15.3 Å². The minimum absolute atomic E-state index is 0.246. The molecule has 1 aliphatic heterocycles. The molecular formula is C17H17N3O5. The van der Waals surface area contributed by atoms with Crippen LogP contribution in [-0.2, 0) is 9.53 Å². The first-order valence-electron chi connectivity index (χ1n) is 7.52. The average Bonchev–Trinajstić information content (AvgIpc) is 2.59. The van der Waals surface area contributed by atoms with Crippen molar-refractivity contribution in [2.75, 3.05) is 19.5 Å². The van der Waals surface area contributed by atoms with Crippen molar-refractivity contribution in [1.82, 2.24) is 9.97 Å². The minimum atomic E-state index is -0.685. The maximum absolute atomic E-state index is 12.4. The van der Waals surface area contributed by atoms with Crippen molar-refractivity contribution < 1.29 is 14.3 Å². The van der Waals surface area contributed by atoms with Crippen LogP contribution in [0.25, 0.3) is 0 Å². The van der Waals surface area contributed by atoms with E-state index in [9.17, 15) is 14.4 Å². The average molecular weight is 343 g/mol. The van der Waals surface area contributed by atoms with Crippen LogP contribution in [0.3, 0.4) is 0 Å². The summed E-state index contributed by atoms with van der Waals surface area (Å²) in [6, 6.07) is 7.00. The minimum Gasteiger partial charge on any atom is -0.497 e. The van der Waals surface area contributed by atoms with Gasteiger partial charge in [0.05, 0.1) is 31.3 Å². The lowest BCUT2D eigenvalue weighted by Gasteiger charge is -2.28. The van der Waals surface area contributed by atoms with E-state index in [0.717, 1.165) is 0 Å². The second kappa shape index (κ2) is 6.31. The Bertz CT molecular complexity index is 969. The van der Waals surface area contributed by atoms with Crippen LogP contribution in [0, 0.1) is 0 Å². The molecule has 0 saturated carbocycles. The van der Waals surface area contributed by atoms with Crippen molar-refractivity contribution in [1.29, 1.82) is 0 Å². The number of methoxy groups -OCH3 is 2. The number of carbonyl (C=O) groups is 1. The number of hydrogen-bond donors (Lipinski definition) is 3. The van der Waals surface area contributed by atoms with Gasteiger partial charge in [0.2, 0.25) is 0 Å². The van der Waals surface area contributed by atoms with Crippen LogP contribution < -0.4 is 21.3 Å². The van der Waals surface area contributed by atoms with Gasteiger partial charge in [0, 0.05) is 5.70 Å². The number of esters is 1. The molecule has 0 unspecified atom stereocenters. The van der Waals surface area contributed by atoms with Crippen LogP contribution in [0.2, 0.25) is 0 Å². The summed E-state index contributed by atoms with van der Waals surface area (Å²) in [4.78, 5) is 41.1. The quantitative estimate of drug-likeness (QED) is 0.719. The summed E-state index contributed by atoms with van der Waals surface area (Å²) in [5, 5.41) is 2.91. The molecule has 25 heavy (non-hydrogen) atoms. The molecule has 1 aromatic heterocycles. The fourth-order valence-electron chi connectivity index (χ4n) is 3.00. The predicted molar refractivity (Wildman–Crippen MR) is 90.9 cm³/mol. The maximum Gasteiger partial charge on any atom is 0.336 e. The summed E-state index contributed by atoms with van der Waals surface area (Å²) < 4.78 is 10.0. The third kappa shape index (κ3) is 2.82. The largest absolute Gasteiger partial charge is 0.497 e. The van der Waals surface area contributed by atoms with E-state index in [1.807, 2.05) is 0 Å². The molecule has 8 nitrogen and oxygen atoms in total. The zero-order chi connectivity index (χ0) is 18.1. The SMILES string of the molecule is COC(=O)C1=C(C)Nc2[nH]c(=O)[nH]c(=O)c2[C@@H]1c1ccc(OC)cc1. The van der Waals surface area contributed by atoms with Gasteiger partial charge >= 0.3 is 11.7 Å². The standard InChI is InChI=1S/C17H17N3O5/c1-8-11(16(22)25-3)12(9-4-6-10(24-2)7-5-9)13-14(18-8)19-17(23)20-15(13)21/h4-7,12H,1-3H3,(H3,18,19,20,21,23)/t12-/m1/s1. The molecule has 1 aliphatic rings. The van der Waals surface area contributed by atoms with Crippen LogP contribution in [-0.4, -0.2) is 30.2 Å². The van der Waals surface area contributed by atoms with Gasteiger partial charge in [-0.3, -0.25) is 14.8 Å². The Morgan fingerprint density at radius 1 is 1.08 bits per heavy atom. The lowest BCUT2D eigenvalue weighted by Crippen LogP contribution is -2.34. The molecule has 1 atom stereocenters. The Morgan fingerprint density at radius 3 is 2.36 bits per heavy atom. The smallest absolute Gasteiger partial charge is 0.336 e. The second-order valence-electron chi connectivity index (χ2n) is 5.56. The molecule has 2 heterocycles. The molecule has 3 rings (SSSR count). The molecule has 1 aromatic carbocycles. The van der Waals surface area contributed by atoms with Crippen LogP contribution in [0.15, 0.2) is 45.1 Å². The fraction of sp³-hybridized carbons (Fsp3) is 0.235. The first-order valence-corrected chi connectivity index (χ1v) is 7.52. The molecule has 0 spiro atoms. The summed E-state index contributed by atoms with van der Waals surface area (Å²) >= 11 is 0. The van der Waals surface area contributed by atoms with Gasteiger partial charge in [-0.2, -0.15) is 0 Å². The van der Waals surface area contributed by atoms with E-state index in [4.69, 9.17) is 9.47 Å². The number of fused-ring (bicyclic) bond motifs is 1. The topological polar surface area (TPSA) is 113 Å². The molecule has 0 saturated heterocycles. The summed E-state index contributed by atoms with van der Waals surface area (Å²) in [5.41, 5.74) is 0.552. The van der Waals surface area contributed by atoms with Crippen molar-refractivity contribution in [3.05, 3.63) is 67.5 Å². The highest BCUT2D eigenvalue weighted by Gasteiger charge is 2.35. The molecule has 2 aromatic rings. The maximum atomic E-state index is 12.4.